The highest BCUT2D eigenvalue weighted by molar-refractivity contribution is 7.80. The molecule has 2 unspecified atom stereocenters. The maximum absolute atomic E-state index is 13.8. The maximum atomic E-state index is 13.8. The second-order valence-electron chi connectivity index (χ2n) is 10.1. The summed E-state index contributed by atoms with van der Waals surface area (Å²) >= 11 is 10.7. The predicted molar refractivity (Wildman–Crippen MR) is 146 cm³/mol. The summed E-state index contributed by atoms with van der Waals surface area (Å²) < 4.78 is 5.34. The minimum absolute atomic E-state index is 0.0487. The number of aryl methyl sites for hydroxylation is 2. The van der Waals surface area contributed by atoms with Gasteiger partial charge in [-0.15, -0.1) is 0 Å². The summed E-state index contributed by atoms with van der Waals surface area (Å²) in [5, 5.41) is 5.99. The Morgan fingerprint density at radius 3 is 2.36 bits per heavy atom. The number of amides is 3. The van der Waals surface area contributed by atoms with Gasteiger partial charge in [-0.1, -0.05) is 53.6 Å². The SMILES string of the molecule is Cc1cccc(C(C(=O)Nc2c(C)cccc2Cl)N(C(=O)C(CS)NC(=O)OC(C)(C)C)C2CC2)c1. The first-order valence-corrected chi connectivity index (χ1v) is 13.0. The van der Waals surface area contributed by atoms with Crippen molar-refractivity contribution in [2.24, 2.45) is 0 Å². The van der Waals surface area contributed by atoms with Crippen LogP contribution in [0.15, 0.2) is 42.5 Å². The van der Waals surface area contributed by atoms with Crippen molar-refractivity contribution in [3.8, 4) is 0 Å². The van der Waals surface area contributed by atoms with E-state index in [9.17, 15) is 14.4 Å². The van der Waals surface area contributed by atoms with Gasteiger partial charge in [-0.3, -0.25) is 9.59 Å². The fraction of sp³-hybridized carbons (Fsp3) is 0.444. The molecule has 7 nitrogen and oxygen atoms in total. The van der Waals surface area contributed by atoms with E-state index in [-0.39, 0.29) is 17.7 Å². The van der Waals surface area contributed by atoms with Crippen molar-refractivity contribution in [3.05, 3.63) is 64.2 Å². The van der Waals surface area contributed by atoms with Crippen molar-refractivity contribution in [3.63, 3.8) is 0 Å². The van der Waals surface area contributed by atoms with Gasteiger partial charge in [0.25, 0.3) is 5.91 Å². The molecule has 1 aliphatic carbocycles. The number of carbonyl (C=O) groups is 3. The molecule has 1 aliphatic rings. The van der Waals surface area contributed by atoms with Gasteiger partial charge in [0.2, 0.25) is 5.91 Å². The van der Waals surface area contributed by atoms with Crippen LogP contribution in [0.5, 0.6) is 0 Å². The number of thiol groups is 1. The first-order valence-electron chi connectivity index (χ1n) is 12.0. The molecule has 2 aromatic carbocycles. The van der Waals surface area contributed by atoms with Crippen molar-refractivity contribution in [1.82, 2.24) is 10.2 Å². The third-order valence-electron chi connectivity index (χ3n) is 5.72. The van der Waals surface area contributed by atoms with Crippen molar-refractivity contribution in [1.29, 1.82) is 0 Å². The van der Waals surface area contributed by atoms with Gasteiger partial charge in [-0.25, -0.2) is 4.79 Å². The van der Waals surface area contributed by atoms with Gasteiger partial charge in [-0.2, -0.15) is 12.6 Å². The lowest BCUT2D eigenvalue weighted by molar-refractivity contribution is -0.141. The van der Waals surface area contributed by atoms with Crippen molar-refractivity contribution in [2.45, 2.75) is 71.2 Å². The summed E-state index contributed by atoms with van der Waals surface area (Å²) in [7, 11) is 0. The molecule has 2 aromatic rings. The summed E-state index contributed by atoms with van der Waals surface area (Å²) in [4.78, 5) is 41.7. The summed E-state index contributed by atoms with van der Waals surface area (Å²) in [6, 6.07) is 10.9. The highest BCUT2D eigenvalue weighted by Gasteiger charge is 2.44. The van der Waals surface area contributed by atoms with Gasteiger partial charge in [0, 0.05) is 11.8 Å². The summed E-state index contributed by atoms with van der Waals surface area (Å²) in [5.74, 6) is -0.726. The van der Waals surface area contributed by atoms with Crippen LogP contribution in [0.25, 0.3) is 0 Å². The Kier molecular flexibility index (Phi) is 8.95. The summed E-state index contributed by atoms with van der Waals surface area (Å²) in [5.41, 5.74) is 2.22. The van der Waals surface area contributed by atoms with Crippen molar-refractivity contribution >= 4 is 47.8 Å². The number of nitrogens with zero attached hydrogens (tertiary/aromatic N) is 1. The molecule has 0 heterocycles. The molecule has 0 aliphatic heterocycles. The molecule has 0 bridgehead atoms. The topological polar surface area (TPSA) is 87.7 Å². The average molecular weight is 532 g/mol. The fourth-order valence-corrected chi connectivity index (χ4v) is 4.46. The molecule has 1 saturated carbocycles. The van der Waals surface area contributed by atoms with E-state index in [4.69, 9.17) is 16.3 Å². The van der Waals surface area contributed by atoms with Crippen LogP contribution in [0.2, 0.25) is 5.02 Å². The van der Waals surface area contributed by atoms with Gasteiger partial charge in [0.15, 0.2) is 0 Å². The van der Waals surface area contributed by atoms with Gasteiger partial charge in [0.05, 0.1) is 10.7 Å². The smallest absolute Gasteiger partial charge is 0.408 e. The predicted octanol–water partition coefficient (Wildman–Crippen LogP) is 5.45. The summed E-state index contributed by atoms with van der Waals surface area (Å²) in [6.07, 6.45) is 0.810. The van der Waals surface area contributed by atoms with Gasteiger partial charge in [0.1, 0.15) is 17.7 Å². The first-order chi connectivity index (χ1) is 16.9. The third-order valence-corrected chi connectivity index (χ3v) is 6.40. The highest BCUT2D eigenvalue weighted by Crippen LogP contribution is 2.37. The standard InChI is InChI=1S/C27H34ClN3O4S/c1-16-8-6-10-18(14-16)23(24(32)30-22-17(2)9-7-11-20(22)28)31(19-12-13-19)25(33)21(15-36)29-26(34)35-27(3,4)5/h6-11,14,19,21,23,36H,12-13,15H2,1-5H3,(H,29,34)(H,30,32). The Balaban J connectivity index is 1.98. The first kappa shape index (κ1) is 27.9. The number of ether oxygens (including phenoxy) is 1. The molecule has 0 spiro atoms. The van der Waals surface area contributed by atoms with Crippen LogP contribution >= 0.6 is 24.2 Å². The number of hydrogen-bond donors (Lipinski definition) is 3. The molecule has 2 atom stereocenters. The van der Waals surface area contributed by atoms with Crippen LogP contribution in [0.3, 0.4) is 0 Å². The Hall–Kier alpha value is -2.71. The van der Waals surface area contributed by atoms with Crippen LogP contribution < -0.4 is 10.6 Å². The number of anilines is 1. The summed E-state index contributed by atoms with van der Waals surface area (Å²) in [6.45, 7) is 9.02. The monoisotopic (exact) mass is 531 g/mol. The van der Waals surface area contributed by atoms with E-state index < -0.39 is 29.7 Å². The van der Waals surface area contributed by atoms with E-state index >= 15 is 0 Å². The minimum Gasteiger partial charge on any atom is -0.444 e. The number of carbonyl (C=O) groups excluding carboxylic acids is 3. The molecule has 1 fully saturated rings. The van der Waals surface area contributed by atoms with E-state index in [1.807, 2.05) is 50.2 Å². The second-order valence-corrected chi connectivity index (χ2v) is 10.9. The van der Waals surface area contributed by atoms with Crippen LogP contribution in [0.4, 0.5) is 10.5 Å². The van der Waals surface area contributed by atoms with Crippen LogP contribution in [0.1, 0.15) is 56.3 Å². The Morgan fingerprint density at radius 1 is 1.14 bits per heavy atom. The molecule has 36 heavy (non-hydrogen) atoms. The molecular formula is C27H34ClN3O4S. The minimum atomic E-state index is -0.967. The van der Waals surface area contributed by atoms with Crippen LogP contribution in [0, 0.1) is 13.8 Å². The average Bonchev–Trinajstić information content (AvgIpc) is 3.61. The zero-order chi connectivity index (χ0) is 26.6. The zero-order valence-electron chi connectivity index (χ0n) is 21.3. The molecule has 9 heteroatoms. The van der Waals surface area contributed by atoms with Gasteiger partial charge in [-0.05, 0) is 64.7 Å². The van der Waals surface area contributed by atoms with E-state index in [0.717, 1.165) is 24.0 Å². The van der Waals surface area contributed by atoms with Gasteiger partial charge < -0.3 is 20.3 Å². The molecule has 194 valence electrons. The van der Waals surface area contributed by atoms with E-state index in [0.29, 0.717) is 16.3 Å². The number of para-hydroxylation sites is 1. The number of alkyl carbamates (subject to hydrolysis) is 1. The number of nitrogens with one attached hydrogen (secondary N) is 2. The largest absolute Gasteiger partial charge is 0.444 e. The Morgan fingerprint density at radius 2 is 1.81 bits per heavy atom. The van der Waals surface area contributed by atoms with Crippen LogP contribution in [-0.2, 0) is 14.3 Å². The van der Waals surface area contributed by atoms with Crippen LogP contribution in [-0.4, -0.2) is 46.2 Å². The molecule has 2 N–H and O–H groups in total. The van der Waals surface area contributed by atoms with E-state index in [1.54, 1.807) is 31.7 Å². The normalized spacial score (nSPS) is 15.0. The third kappa shape index (κ3) is 7.17. The van der Waals surface area contributed by atoms with E-state index in [2.05, 4.69) is 23.3 Å². The quantitative estimate of drug-likeness (QED) is 0.395. The molecule has 0 saturated heterocycles. The van der Waals surface area contributed by atoms with Crippen molar-refractivity contribution in [2.75, 3.05) is 11.1 Å². The zero-order valence-corrected chi connectivity index (χ0v) is 23.0. The second kappa shape index (κ2) is 11.6. The lowest BCUT2D eigenvalue weighted by Crippen LogP contribution is -2.54. The van der Waals surface area contributed by atoms with Crippen molar-refractivity contribution < 1.29 is 19.1 Å². The molecule has 3 amide bonds. The highest BCUT2D eigenvalue weighted by atomic mass is 35.5. The fourth-order valence-electron chi connectivity index (χ4n) is 3.95. The lowest BCUT2D eigenvalue weighted by Gasteiger charge is -2.34. The Labute approximate surface area is 223 Å². The number of hydrogen-bond acceptors (Lipinski definition) is 5. The molecule has 0 radical (unpaired) electrons. The Bertz CT molecular complexity index is 1110. The lowest BCUT2D eigenvalue weighted by atomic mass is 10.0. The van der Waals surface area contributed by atoms with Gasteiger partial charge >= 0.3 is 6.09 Å². The number of rotatable bonds is 8. The molecule has 3 rings (SSSR count). The molecular weight excluding hydrogens is 498 g/mol. The number of halogens is 1. The maximum Gasteiger partial charge on any atom is 0.408 e. The number of benzene rings is 2. The molecule has 0 aromatic heterocycles. The van der Waals surface area contributed by atoms with E-state index in [1.165, 1.54) is 0 Å².